The number of rotatable bonds is 3. The second-order valence-electron chi connectivity index (χ2n) is 2.37. The van der Waals surface area contributed by atoms with E-state index in [2.05, 4.69) is 36.6 Å². The van der Waals surface area contributed by atoms with Crippen LogP contribution in [0, 0.1) is 10.1 Å². The topological polar surface area (TPSA) is 52.4 Å². The van der Waals surface area contributed by atoms with E-state index in [1.165, 1.54) is 0 Å². The van der Waals surface area contributed by atoms with Gasteiger partial charge in [0.05, 0.1) is 13.9 Å². The highest BCUT2D eigenvalue weighted by molar-refractivity contribution is 9.11. The molecule has 0 bridgehead atoms. The van der Waals surface area contributed by atoms with Crippen molar-refractivity contribution in [2.75, 3.05) is 0 Å². The maximum absolute atomic E-state index is 11.9. The summed E-state index contributed by atoms with van der Waals surface area (Å²) in [6.07, 6.45) is 0. The number of hydrogen-bond donors (Lipinski definition) is 0. The van der Waals surface area contributed by atoms with Gasteiger partial charge in [0.15, 0.2) is 5.75 Å². The summed E-state index contributed by atoms with van der Waals surface area (Å²) < 4.78 is 28.2. The Morgan fingerprint density at radius 3 is 2.13 bits per heavy atom. The monoisotopic (exact) mass is 345 g/mol. The molecule has 0 amide bonds. The molecule has 0 atom stereocenters. The molecule has 4 nitrogen and oxygen atoms in total. The molecule has 82 valence electrons. The molecule has 0 unspecified atom stereocenters. The van der Waals surface area contributed by atoms with Gasteiger partial charge in [0.2, 0.25) is 0 Å². The third-order valence-corrected chi connectivity index (χ3v) is 2.58. The second kappa shape index (κ2) is 4.84. The lowest BCUT2D eigenvalue weighted by atomic mass is 10.3. The third-order valence-electron chi connectivity index (χ3n) is 1.40. The summed E-state index contributed by atoms with van der Waals surface area (Å²) in [7, 11) is 0. The van der Waals surface area contributed by atoms with Crippen LogP contribution in [-0.2, 0) is 0 Å². The van der Waals surface area contributed by atoms with E-state index < -0.39 is 11.5 Å². The van der Waals surface area contributed by atoms with E-state index in [-0.39, 0.29) is 20.4 Å². The quantitative estimate of drug-likeness (QED) is 0.619. The molecule has 0 radical (unpaired) electrons. The van der Waals surface area contributed by atoms with E-state index >= 15 is 0 Å². The molecule has 15 heavy (non-hydrogen) atoms. The predicted molar refractivity (Wildman–Crippen MR) is 55.1 cm³/mol. The highest BCUT2D eigenvalue weighted by Crippen LogP contribution is 2.37. The molecule has 0 heterocycles. The summed E-state index contributed by atoms with van der Waals surface area (Å²) >= 11 is 5.80. The van der Waals surface area contributed by atoms with Gasteiger partial charge in [-0.25, -0.2) is 0 Å². The van der Waals surface area contributed by atoms with E-state index in [9.17, 15) is 18.9 Å². The van der Waals surface area contributed by atoms with Gasteiger partial charge in [0.25, 0.3) is 5.69 Å². The van der Waals surface area contributed by atoms with Crippen LogP contribution >= 0.6 is 31.9 Å². The van der Waals surface area contributed by atoms with Crippen LogP contribution in [0.1, 0.15) is 0 Å². The van der Waals surface area contributed by atoms with Gasteiger partial charge in [0.1, 0.15) is 0 Å². The van der Waals surface area contributed by atoms with Crippen molar-refractivity contribution in [3.8, 4) is 5.75 Å². The zero-order valence-electron chi connectivity index (χ0n) is 6.92. The molecule has 0 aliphatic heterocycles. The van der Waals surface area contributed by atoms with Gasteiger partial charge in [-0.3, -0.25) is 10.1 Å². The maximum atomic E-state index is 11.9. The molecule has 0 saturated carbocycles. The molecular formula is C7H3Br2F2NO3. The highest BCUT2D eigenvalue weighted by atomic mass is 79.9. The predicted octanol–water partition coefficient (Wildman–Crippen LogP) is 3.72. The van der Waals surface area contributed by atoms with Crippen LogP contribution in [0.2, 0.25) is 0 Å². The maximum Gasteiger partial charge on any atom is 0.387 e. The van der Waals surface area contributed by atoms with Crippen LogP contribution in [0.4, 0.5) is 14.5 Å². The average Bonchev–Trinajstić information content (AvgIpc) is 2.10. The fourth-order valence-corrected chi connectivity index (χ4v) is 2.20. The Labute approximate surface area is 99.6 Å². The van der Waals surface area contributed by atoms with Crippen LogP contribution in [0.15, 0.2) is 21.1 Å². The summed E-state index contributed by atoms with van der Waals surface area (Å²) in [4.78, 5) is 9.78. The standard InChI is InChI=1S/C7H3Br2F2NO3/c8-4-1-3(12(13)14)2-5(9)6(4)15-7(10)11/h1-2,7H. The largest absolute Gasteiger partial charge is 0.432 e. The summed E-state index contributed by atoms with van der Waals surface area (Å²) in [5.41, 5.74) is -0.227. The number of nitro benzene ring substituents is 1. The van der Waals surface area contributed by atoms with Crippen molar-refractivity contribution in [3.05, 3.63) is 31.2 Å². The summed E-state index contributed by atoms with van der Waals surface area (Å²) in [6, 6.07) is 2.17. The van der Waals surface area contributed by atoms with E-state index in [0.29, 0.717) is 0 Å². The van der Waals surface area contributed by atoms with Crippen LogP contribution in [0.3, 0.4) is 0 Å². The summed E-state index contributed by atoms with van der Waals surface area (Å²) in [6.45, 7) is -2.99. The number of ether oxygens (including phenoxy) is 1. The van der Waals surface area contributed by atoms with Crippen molar-refractivity contribution in [2.45, 2.75) is 6.61 Å². The van der Waals surface area contributed by atoms with Crippen LogP contribution < -0.4 is 4.74 Å². The number of benzene rings is 1. The first-order valence-electron chi connectivity index (χ1n) is 3.50. The normalized spacial score (nSPS) is 10.5. The molecule has 0 N–H and O–H groups in total. The van der Waals surface area contributed by atoms with Gasteiger partial charge in [-0.05, 0) is 31.9 Å². The first-order valence-corrected chi connectivity index (χ1v) is 5.08. The number of non-ortho nitro benzene ring substituents is 1. The highest BCUT2D eigenvalue weighted by Gasteiger charge is 2.17. The number of alkyl halides is 2. The molecule has 1 aromatic carbocycles. The molecule has 0 aliphatic carbocycles. The third kappa shape index (κ3) is 3.10. The molecule has 0 aliphatic rings. The van der Waals surface area contributed by atoms with Crippen molar-refractivity contribution in [1.29, 1.82) is 0 Å². The van der Waals surface area contributed by atoms with Gasteiger partial charge >= 0.3 is 6.61 Å². The van der Waals surface area contributed by atoms with E-state index in [4.69, 9.17) is 0 Å². The van der Waals surface area contributed by atoms with Gasteiger partial charge < -0.3 is 4.74 Å². The number of halogens is 4. The Kier molecular flexibility index (Phi) is 3.97. The Balaban J connectivity index is 3.15. The van der Waals surface area contributed by atoms with Crippen LogP contribution in [0.5, 0.6) is 5.75 Å². The zero-order valence-corrected chi connectivity index (χ0v) is 10.1. The molecule has 1 rings (SSSR count). The molecular weight excluding hydrogens is 344 g/mol. The average molecular weight is 347 g/mol. The molecule has 0 fully saturated rings. The Morgan fingerprint density at radius 1 is 1.33 bits per heavy atom. The zero-order chi connectivity index (χ0) is 11.6. The first-order chi connectivity index (χ1) is 6.91. The minimum atomic E-state index is -2.99. The van der Waals surface area contributed by atoms with Crippen molar-refractivity contribution in [2.24, 2.45) is 0 Å². The fourth-order valence-electron chi connectivity index (χ4n) is 0.854. The smallest absolute Gasteiger partial charge is 0.387 e. The van der Waals surface area contributed by atoms with Crippen LogP contribution in [0.25, 0.3) is 0 Å². The van der Waals surface area contributed by atoms with Crippen molar-refractivity contribution >= 4 is 37.5 Å². The lowest BCUT2D eigenvalue weighted by Gasteiger charge is -2.08. The SMILES string of the molecule is O=[N+]([O-])c1cc(Br)c(OC(F)F)c(Br)c1. The molecule has 0 spiro atoms. The molecule has 0 aromatic heterocycles. The van der Waals surface area contributed by atoms with E-state index in [1.807, 2.05) is 0 Å². The minimum absolute atomic E-state index is 0.0869. The summed E-state index contributed by atoms with van der Waals surface area (Å²) in [5.74, 6) is -0.171. The summed E-state index contributed by atoms with van der Waals surface area (Å²) in [5, 5.41) is 10.4. The molecule has 0 saturated heterocycles. The second-order valence-corrected chi connectivity index (χ2v) is 4.08. The molecule has 8 heteroatoms. The van der Waals surface area contributed by atoms with Crippen molar-refractivity contribution < 1.29 is 18.4 Å². The van der Waals surface area contributed by atoms with Crippen molar-refractivity contribution in [3.63, 3.8) is 0 Å². The van der Waals surface area contributed by atoms with Crippen LogP contribution in [-0.4, -0.2) is 11.5 Å². The lowest BCUT2D eigenvalue weighted by molar-refractivity contribution is -0.385. The van der Waals surface area contributed by atoms with Gasteiger partial charge in [0, 0.05) is 12.1 Å². The van der Waals surface area contributed by atoms with Crippen molar-refractivity contribution in [1.82, 2.24) is 0 Å². The number of nitrogens with zero attached hydrogens (tertiary/aromatic N) is 1. The first kappa shape index (κ1) is 12.3. The van der Waals surface area contributed by atoms with E-state index in [1.54, 1.807) is 0 Å². The molecule has 1 aromatic rings. The number of hydrogen-bond acceptors (Lipinski definition) is 3. The van der Waals surface area contributed by atoms with E-state index in [0.717, 1.165) is 12.1 Å². The fraction of sp³-hybridized carbons (Fsp3) is 0.143. The minimum Gasteiger partial charge on any atom is -0.432 e. The Morgan fingerprint density at radius 2 is 1.80 bits per heavy atom. The Bertz CT molecular complexity index is 377. The number of nitro groups is 1. The van der Waals surface area contributed by atoms with Gasteiger partial charge in [-0.2, -0.15) is 8.78 Å². The van der Waals surface area contributed by atoms with Gasteiger partial charge in [-0.15, -0.1) is 0 Å². The Hall–Kier alpha value is -0.760. The lowest BCUT2D eigenvalue weighted by Crippen LogP contribution is -2.03. The van der Waals surface area contributed by atoms with Gasteiger partial charge in [-0.1, -0.05) is 0 Å².